The zero-order chi connectivity index (χ0) is 16.8. The van der Waals surface area contributed by atoms with E-state index < -0.39 is 0 Å². The maximum Gasteiger partial charge on any atom is 0.191 e. The fourth-order valence-electron chi connectivity index (χ4n) is 2.34. The SMILES string of the molecule is CCNC(=NCc1c(C)nn(C)c1C)NCCc1ccc(Br)s1.I. The maximum atomic E-state index is 4.69. The molecule has 2 N–H and O–H groups in total. The number of aromatic nitrogens is 2. The van der Waals surface area contributed by atoms with Gasteiger partial charge in [-0.25, -0.2) is 4.99 Å². The number of hydrogen-bond acceptors (Lipinski definition) is 3. The van der Waals surface area contributed by atoms with Crippen LogP contribution in [0.25, 0.3) is 0 Å². The summed E-state index contributed by atoms with van der Waals surface area (Å²) in [6.45, 7) is 8.55. The Morgan fingerprint density at radius 2 is 2.08 bits per heavy atom. The van der Waals surface area contributed by atoms with Crippen LogP contribution in [0.15, 0.2) is 20.9 Å². The van der Waals surface area contributed by atoms with E-state index in [0.29, 0.717) is 6.54 Å². The largest absolute Gasteiger partial charge is 0.357 e. The third kappa shape index (κ3) is 6.03. The summed E-state index contributed by atoms with van der Waals surface area (Å²) in [5.41, 5.74) is 3.42. The highest BCUT2D eigenvalue weighted by Crippen LogP contribution is 2.22. The van der Waals surface area contributed by atoms with Crippen LogP contribution < -0.4 is 10.6 Å². The molecule has 2 aromatic rings. The Hall–Kier alpha value is -0.610. The molecule has 5 nitrogen and oxygen atoms in total. The fourth-order valence-corrected chi connectivity index (χ4v) is 3.82. The van der Waals surface area contributed by atoms with Crippen LogP contribution >= 0.6 is 51.2 Å². The van der Waals surface area contributed by atoms with Crippen LogP contribution in [0.3, 0.4) is 0 Å². The molecule has 0 radical (unpaired) electrons. The number of nitrogens with one attached hydrogen (secondary N) is 2. The maximum absolute atomic E-state index is 4.69. The van der Waals surface area contributed by atoms with E-state index in [1.165, 1.54) is 19.9 Å². The molecule has 2 aromatic heterocycles. The lowest BCUT2D eigenvalue weighted by atomic mass is 10.2. The summed E-state index contributed by atoms with van der Waals surface area (Å²) in [6, 6.07) is 4.25. The number of thiophene rings is 1. The summed E-state index contributed by atoms with van der Waals surface area (Å²) in [7, 11) is 1.97. The predicted octanol–water partition coefficient (Wildman–Crippen LogP) is 3.78. The number of nitrogens with zero attached hydrogens (tertiary/aromatic N) is 3. The molecule has 0 spiro atoms. The number of aliphatic imine (C=N–C) groups is 1. The number of aryl methyl sites for hydroxylation is 2. The van der Waals surface area contributed by atoms with Gasteiger partial charge in [-0.2, -0.15) is 5.10 Å². The monoisotopic (exact) mass is 525 g/mol. The van der Waals surface area contributed by atoms with E-state index in [2.05, 4.69) is 57.6 Å². The summed E-state index contributed by atoms with van der Waals surface area (Å²) >= 11 is 5.27. The molecule has 8 heteroatoms. The van der Waals surface area contributed by atoms with Crippen molar-refractivity contribution in [1.29, 1.82) is 0 Å². The highest BCUT2D eigenvalue weighted by Gasteiger charge is 2.09. The number of hydrogen-bond donors (Lipinski definition) is 2. The highest BCUT2D eigenvalue weighted by molar-refractivity contribution is 14.0. The molecule has 0 saturated carbocycles. The van der Waals surface area contributed by atoms with Gasteiger partial charge in [0.2, 0.25) is 0 Å². The van der Waals surface area contributed by atoms with Gasteiger partial charge in [0.25, 0.3) is 0 Å². The van der Waals surface area contributed by atoms with Crippen LogP contribution in [0, 0.1) is 13.8 Å². The first-order valence-corrected chi connectivity index (χ1v) is 9.37. The lowest BCUT2D eigenvalue weighted by molar-refractivity contribution is 0.730. The molecule has 134 valence electrons. The van der Waals surface area contributed by atoms with Gasteiger partial charge in [-0.1, -0.05) is 0 Å². The van der Waals surface area contributed by atoms with Crippen molar-refractivity contribution in [2.75, 3.05) is 13.1 Å². The molecule has 0 amide bonds. The summed E-state index contributed by atoms with van der Waals surface area (Å²) in [6.07, 6.45) is 0.992. The van der Waals surface area contributed by atoms with Gasteiger partial charge in [-0.3, -0.25) is 4.68 Å². The molecule has 0 bridgehead atoms. The fraction of sp³-hybridized carbons (Fsp3) is 0.500. The zero-order valence-electron chi connectivity index (χ0n) is 14.5. The van der Waals surface area contributed by atoms with Crippen molar-refractivity contribution < 1.29 is 0 Å². The third-order valence-electron chi connectivity index (χ3n) is 3.69. The van der Waals surface area contributed by atoms with Crippen molar-refractivity contribution >= 4 is 57.2 Å². The van der Waals surface area contributed by atoms with Crippen LogP contribution in [0.1, 0.15) is 28.8 Å². The number of rotatable bonds is 6. The Labute approximate surface area is 173 Å². The van der Waals surface area contributed by atoms with E-state index in [1.807, 2.05) is 18.7 Å². The van der Waals surface area contributed by atoms with E-state index in [0.717, 1.165) is 31.2 Å². The zero-order valence-corrected chi connectivity index (χ0v) is 19.3. The minimum atomic E-state index is 0. The van der Waals surface area contributed by atoms with Gasteiger partial charge in [0.15, 0.2) is 5.96 Å². The van der Waals surface area contributed by atoms with E-state index in [4.69, 9.17) is 4.99 Å². The van der Waals surface area contributed by atoms with E-state index in [-0.39, 0.29) is 24.0 Å². The molecule has 2 rings (SSSR count). The summed E-state index contributed by atoms with van der Waals surface area (Å²) in [5, 5.41) is 11.1. The van der Waals surface area contributed by atoms with Crippen LogP contribution in [0.5, 0.6) is 0 Å². The molecular weight excluding hydrogens is 501 g/mol. The number of halogens is 2. The second-order valence-corrected chi connectivity index (χ2v) is 7.90. The molecule has 0 aliphatic rings. The Bertz CT molecular complexity index is 680. The quantitative estimate of drug-likeness (QED) is 0.343. The Morgan fingerprint density at radius 3 is 2.62 bits per heavy atom. The van der Waals surface area contributed by atoms with Gasteiger partial charge in [0.1, 0.15) is 0 Å². The Morgan fingerprint density at radius 1 is 1.33 bits per heavy atom. The second kappa shape index (κ2) is 10.4. The van der Waals surface area contributed by atoms with Gasteiger partial charge in [-0.05, 0) is 55.3 Å². The minimum Gasteiger partial charge on any atom is -0.357 e. The lowest BCUT2D eigenvalue weighted by Crippen LogP contribution is -2.38. The van der Waals surface area contributed by atoms with Crippen LogP contribution in [0.2, 0.25) is 0 Å². The van der Waals surface area contributed by atoms with E-state index in [1.54, 1.807) is 11.3 Å². The van der Waals surface area contributed by atoms with Crippen LogP contribution in [0.4, 0.5) is 0 Å². The van der Waals surface area contributed by atoms with Gasteiger partial charge in [-0.15, -0.1) is 35.3 Å². The van der Waals surface area contributed by atoms with Crippen LogP contribution in [-0.2, 0) is 20.0 Å². The topological polar surface area (TPSA) is 54.2 Å². The molecule has 0 aromatic carbocycles. The molecule has 0 aliphatic carbocycles. The Kier molecular flexibility index (Phi) is 9.28. The molecule has 0 fully saturated rings. The summed E-state index contributed by atoms with van der Waals surface area (Å²) < 4.78 is 3.09. The van der Waals surface area contributed by atoms with Crippen molar-refractivity contribution in [3.63, 3.8) is 0 Å². The van der Waals surface area contributed by atoms with Gasteiger partial charge >= 0.3 is 0 Å². The molecule has 24 heavy (non-hydrogen) atoms. The third-order valence-corrected chi connectivity index (χ3v) is 5.37. The Balaban J connectivity index is 0.00000288. The van der Waals surface area contributed by atoms with E-state index in [9.17, 15) is 0 Å². The first-order chi connectivity index (χ1) is 11.0. The molecule has 2 heterocycles. The molecule has 0 aliphatic heterocycles. The molecular formula is C16H25BrIN5S. The predicted molar refractivity (Wildman–Crippen MR) is 117 cm³/mol. The van der Waals surface area contributed by atoms with Gasteiger partial charge < -0.3 is 10.6 Å². The average Bonchev–Trinajstić information content (AvgIpc) is 3.01. The van der Waals surface area contributed by atoms with E-state index >= 15 is 0 Å². The first kappa shape index (κ1) is 21.4. The molecule has 0 saturated heterocycles. The summed E-state index contributed by atoms with van der Waals surface area (Å²) in [4.78, 5) is 6.05. The first-order valence-electron chi connectivity index (χ1n) is 7.76. The van der Waals surface area contributed by atoms with Crippen LogP contribution in [-0.4, -0.2) is 28.8 Å². The smallest absolute Gasteiger partial charge is 0.191 e. The van der Waals surface area contributed by atoms with Crippen molar-refractivity contribution in [2.24, 2.45) is 12.0 Å². The standard InChI is InChI=1S/C16H24BrN5S.HI/c1-5-18-16(19-9-8-13-6-7-15(17)23-13)20-10-14-11(2)21-22(4)12(14)3;/h6-7H,5,8-10H2,1-4H3,(H2,18,19,20);1H. The average molecular weight is 526 g/mol. The molecule has 0 unspecified atom stereocenters. The van der Waals surface area contributed by atoms with Crippen molar-refractivity contribution in [3.8, 4) is 0 Å². The number of guanidine groups is 1. The summed E-state index contributed by atoms with van der Waals surface area (Å²) in [5.74, 6) is 0.853. The minimum absolute atomic E-state index is 0. The van der Waals surface area contributed by atoms with Crippen molar-refractivity contribution in [1.82, 2.24) is 20.4 Å². The van der Waals surface area contributed by atoms with Gasteiger partial charge in [0.05, 0.1) is 16.0 Å². The van der Waals surface area contributed by atoms with Gasteiger partial charge in [0, 0.05) is 36.3 Å². The molecule has 0 atom stereocenters. The lowest BCUT2D eigenvalue weighted by Gasteiger charge is -2.11. The normalized spacial score (nSPS) is 11.3. The van der Waals surface area contributed by atoms with Crippen molar-refractivity contribution in [2.45, 2.75) is 33.7 Å². The van der Waals surface area contributed by atoms with Crippen molar-refractivity contribution in [3.05, 3.63) is 37.7 Å². The second-order valence-electron chi connectivity index (χ2n) is 5.35. The highest BCUT2D eigenvalue weighted by atomic mass is 127.